The number of rotatable bonds is 2. The van der Waals surface area contributed by atoms with E-state index >= 15 is 0 Å². The Hall–Kier alpha value is -0.680. The summed E-state index contributed by atoms with van der Waals surface area (Å²) in [5.41, 5.74) is 2.66. The molecule has 0 amide bonds. The molecule has 0 aromatic heterocycles. The summed E-state index contributed by atoms with van der Waals surface area (Å²) >= 11 is 5.54. The van der Waals surface area contributed by atoms with Gasteiger partial charge in [0.2, 0.25) is 0 Å². The number of anilines is 1. The van der Waals surface area contributed by atoms with Crippen LogP contribution in [0.5, 0.6) is 0 Å². The summed E-state index contributed by atoms with van der Waals surface area (Å²) in [5.74, 6) is 0. The minimum atomic E-state index is 0.240. The number of alkyl halides is 1. The number of piperazine rings is 1. The maximum atomic E-state index is 4.75. The fourth-order valence-corrected chi connectivity index (χ4v) is 4.25. The van der Waals surface area contributed by atoms with Crippen LogP contribution in [0.25, 0.3) is 0 Å². The molecule has 2 heterocycles. The van der Waals surface area contributed by atoms with Crippen molar-refractivity contribution in [2.24, 2.45) is 4.99 Å². The van der Waals surface area contributed by atoms with E-state index in [1.165, 1.54) is 16.4 Å². The molecule has 1 aromatic rings. The Morgan fingerprint density at radius 1 is 1.14 bits per heavy atom. The maximum absolute atomic E-state index is 4.75. The first-order valence-electron chi connectivity index (χ1n) is 7.46. The molecular formula is C16H22BrN3S. The zero-order valence-corrected chi connectivity index (χ0v) is 15.1. The number of thioether (sulfide) groups is 1. The Balaban J connectivity index is 1.57. The van der Waals surface area contributed by atoms with Gasteiger partial charge in [-0.3, -0.25) is 4.99 Å². The molecule has 2 aliphatic rings. The van der Waals surface area contributed by atoms with Gasteiger partial charge in [0.05, 0.1) is 11.3 Å². The lowest BCUT2D eigenvalue weighted by Crippen LogP contribution is -2.48. The minimum Gasteiger partial charge on any atom is -0.368 e. The lowest BCUT2D eigenvalue weighted by atomic mass is 10.2. The van der Waals surface area contributed by atoms with Crippen molar-refractivity contribution >= 4 is 38.5 Å². The van der Waals surface area contributed by atoms with Crippen LogP contribution < -0.4 is 4.90 Å². The van der Waals surface area contributed by atoms with Gasteiger partial charge in [0.25, 0.3) is 0 Å². The minimum absolute atomic E-state index is 0.240. The summed E-state index contributed by atoms with van der Waals surface area (Å²) in [5, 5.41) is 2.24. The number of aliphatic imine (C=N–C) groups is 1. The van der Waals surface area contributed by atoms with Crippen molar-refractivity contribution in [1.29, 1.82) is 0 Å². The molecule has 114 valence electrons. The summed E-state index contributed by atoms with van der Waals surface area (Å²) in [7, 11) is 0. The SMILES string of the molecule is Cc1ccc(N2CCN(C3=NCC(C)(CBr)S3)CC2)cc1. The highest BCUT2D eigenvalue weighted by Gasteiger charge is 2.34. The molecule has 0 spiro atoms. The molecule has 2 aliphatic heterocycles. The first-order valence-corrected chi connectivity index (χ1v) is 9.39. The van der Waals surface area contributed by atoms with Gasteiger partial charge < -0.3 is 9.80 Å². The standard InChI is InChI=1S/C16H22BrN3S/c1-13-3-5-14(6-4-13)19-7-9-20(10-8-19)15-18-12-16(2,11-17)21-15/h3-6H,7-12H2,1-2H3. The molecule has 3 nitrogen and oxygen atoms in total. The predicted octanol–water partition coefficient (Wildman–Crippen LogP) is 3.37. The average molecular weight is 368 g/mol. The van der Waals surface area contributed by atoms with Crippen LogP contribution in [0.2, 0.25) is 0 Å². The van der Waals surface area contributed by atoms with Crippen LogP contribution in [-0.2, 0) is 0 Å². The third-order valence-electron chi connectivity index (χ3n) is 4.12. The summed E-state index contributed by atoms with van der Waals surface area (Å²) in [4.78, 5) is 9.67. The van der Waals surface area contributed by atoms with Crippen LogP contribution in [0, 0.1) is 6.92 Å². The number of hydrogen-bond acceptors (Lipinski definition) is 4. The van der Waals surface area contributed by atoms with E-state index in [9.17, 15) is 0 Å². The molecule has 1 atom stereocenters. The topological polar surface area (TPSA) is 18.8 Å². The molecule has 0 saturated carbocycles. The van der Waals surface area contributed by atoms with E-state index in [-0.39, 0.29) is 4.75 Å². The lowest BCUT2D eigenvalue weighted by Gasteiger charge is -2.37. The van der Waals surface area contributed by atoms with Crippen molar-refractivity contribution < 1.29 is 0 Å². The first-order chi connectivity index (χ1) is 10.1. The number of aryl methyl sites for hydroxylation is 1. The zero-order valence-electron chi connectivity index (χ0n) is 12.7. The number of benzene rings is 1. The second-order valence-electron chi connectivity index (χ2n) is 6.09. The van der Waals surface area contributed by atoms with Crippen LogP contribution in [0.15, 0.2) is 29.3 Å². The second-order valence-corrected chi connectivity index (χ2v) is 8.21. The Morgan fingerprint density at radius 3 is 2.33 bits per heavy atom. The van der Waals surface area contributed by atoms with Crippen molar-refractivity contribution in [2.75, 3.05) is 43.0 Å². The molecule has 0 bridgehead atoms. The van der Waals surface area contributed by atoms with Crippen LogP contribution in [0.3, 0.4) is 0 Å². The van der Waals surface area contributed by atoms with E-state index in [2.05, 4.69) is 63.8 Å². The van der Waals surface area contributed by atoms with Crippen LogP contribution in [0.4, 0.5) is 5.69 Å². The highest BCUT2D eigenvalue weighted by Crippen LogP contribution is 2.35. The molecular weight excluding hydrogens is 346 g/mol. The molecule has 1 aromatic carbocycles. The molecule has 1 unspecified atom stereocenters. The predicted molar refractivity (Wildman–Crippen MR) is 97.1 cm³/mol. The molecule has 0 N–H and O–H groups in total. The van der Waals surface area contributed by atoms with Crippen molar-refractivity contribution in [3.63, 3.8) is 0 Å². The third-order valence-corrected chi connectivity index (χ3v) is 7.06. The molecule has 1 saturated heterocycles. The average Bonchev–Trinajstić information content (AvgIpc) is 2.92. The van der Waals surface area contributed by atoms with Crippen LogP contribution in [0.1, 0.15) is 12.5 Å². The van der Waals surface area contributed by atoms with Gasteiger partial charge in [-0.1, -0.05) is 45.4 Å². The van der Waals surface area contributed by atoms with E-state index < -0.39 is 0 Å². The Bertz CT molecular complexity index is 523. The highest BCUT2D eigenvalue weighted by atomic mass is 79.9. The Labute approximate surface area is 139 Å². The highest BCUT2D eigenvalue weighted by molar-refractivity contribution is 9.09. The smallest absolute Gasteiger partial charge is 0.159 e. The van der Waals surface area contributed by atoms with Crippen molar-refractivity contribution in [1.82, 2.24) is 4.90 Å². The molecule has 3 rings (SSSR count). The largest absolute Gasteiger partial charge is 0.368 e. The van der Waals surface area contributed by atoms with Crippen molar-refractivity contribution in [2.45, 2.75) is 18.6 Å². The summed E-state index contributed by atoms with van der Waals surface area (Å²) in [6.45, 7) is 9.64. The number of halogens is 1. The van der Waals surface area contributed by atoms with E-state index in [4.69, 9.17) is 4.99 Å². The van der Waals surface area contributed by atoms with E-state index in [0.29, 0.717) is 0 Å². The van der Waals surface area contributed by atoms with Gasteiger partial charge >= 0.3 is 0 Å². The molecule has 1 fully saturated rings. The fourth-order valence-electron chi connectivity index (χ4n) is 2.67. The molecule has 5 heteroatoms. The second kappa shape index (κ2) is 6.21. The molecule has 0 aliphatic carbocycles. The van der Waals surface area contributed by atoms with Gasteiger partial charge in [-0.2, -0.15) is 0 Å². The number of nitrogens with zero attached hydrogens (tertiary/aromatic N) is 3. The van der Waals surface area contributed by atoms with Gasteiger partial charge in [0.15, 0.2) is 5.17 Å². The van der Waals surface area contributed by atoms with Gasteiger partial charge in [-0.15, -0.1) is 0 Å². The van der Waals surface area contributed by atoms with Gasteiger partial charge in [0.1, 0.15) is 0 Å². The van der Waals surface area contributed by atoms with Gasteiger partial charge in [-0.25, -0.2) is 0 Å². The lowest BCUT2D eigenvalue weighted by molar-refractivity contribution is 0.392. The zero-order chi connectivity index (χ0) is 14.9. The van der Waals surface area contributed by atoms with Crippen LogP contribution >= 0.6 is 27.7 Å². The number of hydrogen-bond donors (Lipinski definition) is 0. The van der Waals surface area contributed by atoms with E-state index in [1.807, 2.05) is 11.8 Å². The third kappa shape index (κ3) is 3.39. The normalized spacial score (nSPS) is 26.1. The first kappa shape index (κ1) is 15.2. The van der Waals surface area contributed by atoms with Crippen LogP contribution in [-0.4, -0.2) is 52.9 Å². The summed E-state index contributed by atoms with van der Waals surface area (Å²) in [6, 6.07) is 8.85. The van der Waals surface area contributed by atoms with Gasteiger partial charge in [-0.05, 0) is 26.0 Å². The summed E-state index contributed by atoms with van der Waals surface area (Å²) < 4.78 is 0.240. The number of amidine groups is 1. The van der Waals surface area contributed by atoms with E-state index in [1.54, 1.807) is 0 Å². The maximum Gasteiger partial charge on any atom is 0.159 e. The Morgan fingerprint density at radius 2 is 1.76 bits per heavy atom. The molecule has 21 heavy (non-hydrogen) atoms. The molecule has 0 radical (unpaired) electrons. The van der Waals surface area contributed by atoms with Crippen molar-refractivity contribution in [3.05, 3.63) is 29.8 Å². The summed E-state index contributed by atoms with van der Waals surface area (Å²) in [6.07, 6.45) is 0. The quantitative estimate of drug-likeness (QED) is 0.746. The van der Waals surface area contributed by atoms with E-state index in [0.717, 1.165) is 38.1 Å². The Kier molecular flexibility index (Phi) is 4.50. The monoisotopic (exact) mass is 367 g/mol. The van der Waals surface area contributed by atoms with Gasteiger partial charge in [0, 0.05) is 37.2 Å². The fraction of sp³-hybridized carbons (Fsp3) is 0.562. The van der Waals surface area contributed by atoms with Crippen molar-refractivity contribution in [3.8, 4) is 0 Å².